The van der Waals surface area contributed by atoms with E-state index in [1.165, 1.54) is 18.2 Å². The molecule has 0 aliphatic heterocycles. The number of alkyl halides is 3. The molecule has 0 saturated carbocycles. The minimum absolute atomic E-state index is 0.0145. The predicted octanol–water partition coefficient (Wildman–Crippen LogP) is 3.95. The zero-order valence-corrected chi connectivity index (χ0v) is 15.9. The lowest BCUT2D eigenvalue weighted by Crippen LogP contribution is -3.10. The number of benzene rings is 3. The van der Waals surface area contributed by atoms with Crippen molar-refractivity contribution in [2.45, 2.75) is 12.2 Å². The number of likely N-dealkylation sites (N-methyl/N-ethyl adjacent to an activating group) is 1. The van der Waals surface area contributed by atoms with Crippen molar-refractivity contribution in [2.24, 2.45) is 0 Å². The van der Waals surface area contributed by atoms with Crippen LogP contribution in [0.5, 0.6) is 0 Å². The molecule has 29 heavy (non-hydrogen) atoms. The third-order valence-corrected chi connectivity index (χ3v) is 4.70. The van der Waals surface area contributed by atoms with E-state index < -0.39 is 17.6 Å². The number of anilines is 1. The van der Waals surface area contributed by atoms with Crippen molar-refractivity contribution in [1.29, 1.82) is 0 Å². The zero-order valence-electron chi connectivity index (χ0n) is 15.9. The highest BCUT2D eigenvalue weighted by molar-refractivity contribution is 5.92. The van der Waals surface area contributed by atoms with Crippen molar-refractivity contribution in [3.05, 3.63) is 102 Å². The Balaban J connectivity index is 1.80. The molecule has 1 unspecified atom stereocenters. The van der Waals surface area contributed by atoms with Crippen LogP contribution in [0.4, 0.5) is 18.9 Å². The summed E-state index contributed by atoms with van der Waals surface area (Å²) in [7, 11) is 1.86. The van der Waals surface area contributed by atoms with Gasteiger partial charge in [-0.1, -0.05) is 72.8 Å². The molecule has 0 saturated heterocycles. The third-order valence-electron chi connectivity index (χ3n) is 4.70. The number of halogens is 3. The van der Waals surface area contributed by atoms with E-state index in [4.69, 9.17) is 0 Å². The summed E-state index contributed by atoms with van der Waals surface area (Å²) < 4.78 is 39.5. The molecular weight excluding hydrogens is 377 g/mol. The van der Waals surface area contributed by atoms with Crippen LogP contribution < -0.4 is 10.2 Å². The van der Waals surface area contributed by atoms with Crippen LogP contribution in [0.3, 0.4) is 0 Å². The number of amides is 1. The summed E-state index contributed by atoms with van der Waals surface area (Å²) in [5.74, 6) is -0.476. The molecule has 0 bridgehead atoms. The Labute approximate surface area is 167 Å². The van der Waals surface area contributed by atoms with Crippen LogP contribution in [-0.2, 0) is 11.0 Å². The molecule has 0 fully saturated rings. The van der Waals surface area contributed by atoms with Gasteiger partial charge in [0.1, 0.15) is 6.04 Å². The van der Waals surface area contributed by atoms with Gasteiger partial charge in [-0.2, -0.15) is 13.2 Å². The number of hydrogen-bond donors (Lipinski definition) is 2. The van der Waals surface area contributed by atoms with Crippen LogP contribution in [0.25, 0.3) is 0 Å². The van der Waals surface area contributed by atoms with E-state index in [9.17, 15) is 18.0 Å². The fourth-order valence-corrected chi connectivity index (χ4v) is 3.44. The Hall–Kier alpha value is -3.12. The third kappa shape index (κ3) is 5.23. The maximum absolute atomic E-state index is 13.2. The summed E-state index contributed by atoms with van der Waals surface area (Å²) in [6.07, 6.45) is -4.53. The van der Waals surface area contributed by atoms with Crippen molar-refractivity contribution < 1.29 is 22.9 Å². The van der Waals surface area contributed by atoms with E-state index in [0.29, 0.717) is 0 Å². The minimum atomic E-state index is -4.53. The Morgan fingerprint density at radius 3 is 1.86 bits per heavy atom. The SMILES string of the molecule is C[NH+](CC(=O)Nc1ccccc1C(F)(F)F)C(c1ccccc1)c1ccccc1. The van der Waals surface area contributed by atoms with Gasteiger partial charge < -0.3 is 10.2 Å². The molecule has 0 radical (unpaired) electrons. The molecule has 6 heteroatoms. The molecule has 3 aromatic rings. The monoisotopic (exact) mass is 399 g/mol. The number of nitrogens with one attached hydrogen (secondary N) is 2. The molecule has 3 nitrogen and oxygen atoms in total. The van der Waals surface area contributed by atoms with E-state index >= 15 is 0 Å². The summed E-state index contributed by atoms with van der Waals surface area (Å²) in [6, 6.07) is 24.4. The molecule has 1 atom stereocenters. The highest BCUT2D eigenvalue weighted by Crippen LogP contribution is 2.34. The first-order valence-electron chi connectivity index (χ1n) is 9.24. The standard InChI is InChI=1S/C23H21F3N2O/c1-28(16-21(29)27-20-15-9-8-14-19(20)23(24,25)26)22(17-10-4-2-5-11-17)18-12-6-3-7-13-18/h2-15,22H,16H2,1H3,(H,27,29)/p+1. The largest absolute Gasteiger partial charge is 0.418 e. The van der Waals surface area contributed by atoms with E-state index in [0.717, 1.165) is 22.1 Å². The van der Waals surface area contributed by atoms with Gasteiger partial charge in [0.25, 0.3) is 5.91 Å². The average Bonchev–Trinajstić information content (AvgIpc) is 2.69. The van der Waals surface area contributed by atoms with Crippen molar-refractivity contribution in [3.63, 3.8) is 0 Å². The second kappa shape index (κ2) is 8.92. The maximum Gasteiger partial charge on any atom is 0.418 e. The molecule has 150 valence electrons. The first kappa shape index (κ1) is 20.6. The molecule has 3 rings (SSSR count). The van der Waals surface area contributed by atoms with Crippen molar-refractivity contribution >= 4 is 11.6 Å². The molecule has 0 aromatic heterocycles. The lowest BCUT2D eigenvalue weighted by Gasteiger charge is -2.25. The number of carbonyl (C=O) groups is 1. The first-order chi connectivity index (χ1) is 13.9. The Morgan fingerprint density at radius 2 is 1.34 bits per heavy atom. The lowest BCUT2D eigenvalue weighted by molar-refractivity contribution is -0.897. The van der Waals surface area contributed by atoms with Crippen LogP contribution in [0.15, 0.2) is 84.9 Å². The molecule has 1 amide bonds. The number of para-hydroxylation sites is 1. The number of rotatable bonds is 6. The Bertz CT molecular complexity index is 904. The van der Waals surface area contributed by atoms with Gasteiger partial charge in [-0.15, -0.1) is 0 Å². The van der Waals surface area contributed by atoms with E-state index in [-0.39, 0.29) is 18.3 Å². The van der Waals surface area contributed by atoms with Crippen molar-refractivity contribution in [2.75, 3.05) is 18.9 Å². The van der Waals surface area contributed by atoms with Crippen LogP contribution in [0.2, 0.25) is 0 Å². The number of hydrogen-bond acceptors (Lipinski definition) is 1. The summed E-state index contributed by atoms with van der Waals surface area (Å²) >= 11 is 0. The lowest BCUT2D eigenvalue weighted by atomic mass is 9.97. The summed E-state index contributed by atoms with van der Waals surface area (Å²) in [6.45, 7) is 0.0145. The molecule has 3 aromatic carbocycles. The molecule has 2 N–H and O–H groups in total. The van der Waals surface area contributed by atoms with Gasteiger partial charge in [-0.05, 0) is 12.1 Å². The summed E-state index contributed by atoms with van der Waals surface area (Å²) in [5.41, 5.74) is 0.974. The smallest absolute Gasteiger partial charge is 0.321 e. The maximum atomic E-state index is 13.2. The van der Waals surface area contributed by atoms with Crippen LogP contribution in [0.1, 0.15) is 22.7 Å². The topological polar surface area (TPSA) is 33.5 Å². The van der Waals surface area contributed by atoms with Gasteiger partial charge in [0.05, 0.1) is 18.3 Å². The quantitative estimate of drug-likeness (QED) is 0.647. The van der Waals surface area contributed by atoms with Crippen LogP contribution in [0, 0.1) is 0 Å². The van der Waals surface area contributed by atoms with Gasteiger partial charge in [0.15, 0.2) is 6.54 Å². The van der Waals surface area contributed by atoms with Crippen LogP contribution >= 0.6 is 0 Å². The van der Waals surface area contributed by atoms with Gasteiger partial charge in [0, 0.05) is 11.1 Å². The molecule has 0 heterocycles. The second-order valence-electron chi connectivity index (χ2n) is 6.87. The Kier molecular flexibility index (Phi) is 6.34. The molecule has 0 spiro atoms. The van der Waals surface area contributed by atoms with E-state index in [1.54, 1.807) is 0 Å². The zero-order chi connectivity index (χ0) is 20.9. The van der Waals surface area contributed by atoms with E-state index in [2.05, 4.69) is 5.32 Å². The molecular formula is C23H22F3N2O+. The van der Waals surface area contributed by atoms with Crippen LogP contribution in [-0.4, -0.2) is 19.5 Å². The molecule has 0 aliphatic rings. The highest BCUT2D eigenvalue weighted by atomic mass is 19.4. The fraction of sp³-hybridized carbons (Fsp3) is 0.174. The first-order valence-corrected chi connectivity index (χ1v) is 9.24. The second-order valence-corrected chi connectivity index (χ2v) is 6.87. The minimum Gasteiger partial charge on any atom is -0.321 e. The van der Waals surface area contributed by atoms with Gasteiger partial charge in [-0.25, -0.2) is 0 Å². The van der Waals surface area contributed by atoms with E-state index in [1.807, 2.05) is 67.7 Å². The average molecular weight is 399 g/mol. The summed E-state index contributed by atoms with van der Waals surface area (Å²) in [5, 5.41) is 2.43. The number of carbonyl (C=O) groups excluding carboxylic acids is 1. The van der Waals surface area contributed by atoms with Crippen molar-refractivity contribution in [3.8, 4) is 0 Å². The highest BCUT2D eigenvalue weighted by Gasteiger charge is 2.34. The van der Waals surface area contributed by atoms with Gasteiger partial charge >= 0.3 is 6.18 Å². The summed E-state index contributed by atoms with van der Waals surface area (Å²) in [4.78, 5) is 13.4. The normalized spacial score (nSPS) is 12.6. The molecule has 0 aliphatic carbocycles. The Morgan fingerprint density at radius 1 is 0.862 bits per heavy atom. The predicted molar refractivity (Wildman–Crippen MR) is 107 cm³/mol. The van der Waals surface area contributed by atoms with Gasteiger partial charge in [-0.3, -0.25) is 4.79 Å². The number of quaternary nitrogens is 1. The van der Waals surface area contributed by atoms with Gasteiger partial charge in [0.2, 0.25) is 0 Å². The van der Waals surface area contributed by atoms with Crippen molar-refractivity contribution in [1.82, 2.24) is 0 Å². The fourth-order valence-electron chi connectivity index (χ4n) is 3.44.